The molecule has 0 bridgehead atoms. The Bertz CT molecular complexity index is 1220. The Labute approximate surface area is 167 Å². The van der Waals surface area contributed by atoms with Crippen molar-refractivity contribution in [1.29, 1.82) is 0 Å². The maximum Gasteiger partial charge on any atom is 0.125 e. The van der Waals surface area contributed by atoms with Crippen LogP contribution in [0.4, 0.5) is 0 Å². The molecular formula is C24H16ClNO2. The second-order valence-electron chi connectivity index (χ2n) is 6.93. The van der Waals surface area contributed by atoms with Gasteiger partial charge in [-0.1, -0.05) is 48.0 Å². The van der Waals surface area contributed by atoms with E-state index >= 15 is 0 Å². The third-order valence-electron chi connectivity index (χ3n) is 5.15. The summed E-state index contributed by atoms with van der Waals surface area (Å²) in [6.07, 6.45) is 0.713. The van der Waals surface area contributed by atoms with Gasteiger partial charge in [-0.3, -0.25) is 0 Å². The van der Waals surface area contributed by atoms with Crippen LogP contribution in [-0.4, -0.2) is 15.2 Å². The summed E-state index contributed by atoms with van der Waals surface area (Å²) < 4.78 is 0. The van der Waals surface area contributed by atoms with E-state index in [0.29, 0.717) is 11.4 Å². The van der Waals surface area contributed by atoms with Crippen LogP contribution in [0.3, 0.4) is 0 Å². The first-order valence-corrected chi connectivity index (χ1v) is 9.38. The fourth-order valence-electron chi connectivity index (χ4n) is 3.86. The molecule has 5 rings (SSSR count). The summed E-state index contributed by atoms with van der Waals surface area (Å²) in [5, 5.41) is 21.1. The summed E-state index contributed by atoms with van der Waals surface area (Å²) in [7, 11) is 0. The lowest BCUT2D eigenvalue weighted by atomic mass is 9.96. The standard InChI is InChI=1S/C24H16ClNO2/c25-17-9-7-14(8-10-17)19-13-21(15-3-1-5-18(27)11-15)26-24-20(19)12-16-4-2-6-22(28)23(16)24/h1-11,13,27-28H,12H2. The highest BCUT2D eigenvalue weighted by molar-refractivity contribution is 6.30. The molecule has 0 radical (unpaired) electrons. The Morgan fingerprint density at radius 1 is 0.821 bits per heavy atom. The van der Waals surface area contributed by atoms with Crippen molar-refractivity contribution in [2.75, 3.05) is 0 Å². The van der Waals surface area contributed by atoms with E-state index < -0.39 is 0 Å². The molecule has 1 aliphatic carbocycles. The highest BCUT2D eigenvalue weighted by Crippen LogP contribution is 2.46. The molecule has 4 heteroatoms. The molecule has 3 aromatic carbocycles. The van der Waals surface area contributed by atoms with Gasteiger partial charge < -0.3 is 10.2 Å². The van der Waals surface area contributed by atoms with Crippen molar-refractivity contribution in [3.63, 3.8) is 0 Å². The SMILES string of the molecule is Oc1cccc(-c2cc(-c3ccc(Cl)cc3)c3c(n2)-c2c(O)cccc2C3)c1. The summed E-state index contributed by atoms with van der Waals surface area (Å²) in [6.45, 7) is 0. The van der Waals surface area contributed by atoms with Crippen LogP contribution < -0.4 is 0 Å². The zero-order valence-corrected chi connectivity index (χ0v) is 15.6. The van der Waals surface area contributed by atoms with Gasteiger partial charge in [0, 0.05) is 22.6 Å². The minimum absolute atomic E-state index is 0.191. The lowest BCUT2D eigenvalue weighted by Gasteiger charge is -2.13. The maximum absolute atomic E-state index is 10.5. The first kappa shape index (κ1) is 16.8. The number of benzene rings is 3. The molecule has 0 fully saturated rings. The van der Waals surface area contributed by atoms with E-state index in [1.165, 1.54) is 0 Å². The highest BCUT2D eigenvalue weighted by Gasteiger charge is 2.27. The summed E-state index contributed by atoms with van der Waals surface area (Å²) >= 11 is 6.08. The van der Waals surface area contributed by atoms with Gasteiger partial charge in [0.1, 0.15) is 11.5 Å². The normalized spacial score (nSPS) is 11.9. The van der Waals surface area contributed by atoms with Gasteiger partial charge in [0.15, 0.2) is 0 Å². The van der Waals surface area contributed by atoms with Crippen LogP contribution in [0.5, 0.6) is 11.5 Å². The summed E-state index contributed by atoms with van der Waals surface area (Å²) in [6, 6.07) is 22.4. The molecule has 0 saturated carbocycles. The molecule has 1 heterocycles. The molecule has 3 nitrogen and oxygen atoms in total. The number of hydrogen-bond donors (Lipinski definition) is 2. The van der Waals surface area contributed by atoms with E-state index in [0.717, 1.165) is 44.8 Å². The predicted octanol–water partition coefficient (Wildman–Crippen LogP) is 6.05. The largest absolute Gasteiger partial charge is 0.508 e. The van der Waals surface area contributed by atoms with E-state index in [2.05, 4.69) is 0 Å². The van der Waals surface area contributed by atoms with Crippen molar-refractivity contribution in [3.8, 4) is 45.1 Å². The smallest absolute Gasteiger partial charge is 0.125 e. The molecule has 1 aliphatic rings. The molecule has 2 N–H and O–H groups in total. The number of aromatic hydroxyl groups is 2. The molecule has 0 aliphatic heterocycles. The molecule has 1 aromatic heterocycles. The second-order valence-corrected chi connectivity index (χ2v) is 7.36. The third-order valence-corrected chi connectivity index (χ3v) is 5.41. The fourth-order valence-corrected chi connectivity index (χ4v) is 3.98. The number of rotatable bonds is 2. The van der Waals surface area contributed by atoms with Crippen LogP contribution in [0.2, 0.25) is 5.02 Å². The topological polar surface area (TPSA) is 53.4 Å². The quantitative estimate of drug-likeness (QED) is 0.389. The molecule has 0 unspecified atom stereocenters. The molecule has 0 spiro atoms. The molecular weight excluding hydrogens is 370 g/mol. The van der Waals surface area contributed by atoms with Crippen LogP contribution >= 0.6 is 11.6 Å². The number of fused-ring (bicyclic) bond motifs is 3. The highest BCUT2D eigenvalue weighted by atomic mass is 35.5. The lowest BCUT2D eigenvalue weighted by molar-refractivity contribution is 0.475. The van der Waals surface area contributed by atoms with Crippen LogP contribution in [-0.2, 0) is 6.42 Å². The average molecular weight is 386 g/mol. The molecule has 136 valence electrons. The zero-order chi connectivity index (χ0) is 19.3. The number of pyridine rings is 1. The van der Waals surface area contributed by atoms with E-state index in [1.807, 2.05) is 48.5 Å². The summed E-state index contributed by atoms with van der Waals surface area (Å²) in [4.78, 5) is 4.87. The van der Waals surface area contributed by atoms with Crippen molar-refractivity contribution >= 4 is 11.6 Å². The molecule has 28 heavy (non-hydrogen) atoms. The van der Waals surface area contributed by atoms with E-state index in [-0.39, 0.29) is 11.5 Å². The van der Waals surface area contributed by atoms with E-state index in [1.54, 1.807) is 24.3 Å². The Morgan fingerprint density at radius 2 is 1.61 bits per heavy atom. The van der Waals surface area contributed by atoms with Gasteiger partial charge in [-0.15, -0.1) is 0 Å². The van der Waals surface area contributed by atoms with Gasteiger partial charge in [0.25, 0.3) is 0 Å². The average Bonchev–Trinajstić information content (AvgIpc) is 3.08. The Kier molecular flexibility index (Phi) is 3.85. The number of nitrogens with zero attached hydrogens (tertiary/aromatic N) is 1. The number of phenolic OH excluding ortho intramolecular Hbond substituents is 2. The van der Waals surface area contributed by atoms with Gasteiger partial charge in [0.2, 0.25) is 0 Å². The zero-order valence-electron chi connectivity index (χ0n) is 14.9. The molecule has 0 saturated heterocycles. The molecule has 0 atom stereocenters. The van der Waals surface area contributed by atoms with Crippen LogP contribution in [0.1, 0.15) is 11.1 Å². The summed E-state index contributed by atoms with van der Waals surface area (Å²) in [5.41, 5.74) is 7.38. The first-order chi connectivity index (χ1) is 13.6. The van der Waals surface area contributed by atoms with Gasteiger partial charge in [-0.05, 0) is 58.7 Å². The number of phenols is 2. The maximum atomic E-state index is 10.5. The Morgan fingerprint density at radius 3 is 2.39 bits per heavy atom. The van der Waals surface area contributed by atoms with Gasteiger partial charge in [0.05, 0.1) is 11.4 Å². The third kappa shape index (κ3) is 2.72. The molecule has 0 amide bonds. The minimum atomic E-state index is 0.191. The minimum Gasteiger partial charge on any atom is -0.508 e. The van der Waals surface area contributed by atoms with Crippen LogP contribution in [0.15, 0.2) is 72.8 Å². The fraction of sp³-hybridized carbons (Fsp3) is 0.0417. The Balaban J connectivity index is 1.80. The van der Waals surface area contributed by atoms with Crippen LogP contribution in [0.25, 0.3) is 33.6 Å². The van der Waals surface area contributed by atoms with Crippen molar-refractivity contribution in [2.24, 2.45) is 0 Å². The molecule has 4 aromatic rings. The summed E-state index contributed by atoms with van der Waals surface area (Å²) in [5.74, 6) is 0.426. The van der Waals surface area contributed by atoms with Gasteiger partial charge >= 0.3 is 0 Å². The number of halogens is 1. The Hall–Kier alpha value is -3.30. The number of hydrogen-bond acceptors (Lipinski definition) is 3. The first-order valence-electron chi connectivity index (χ1n) is 9.00. The van der Waals surface area contributed by atoms with Crippen molar-refractivity contribution in [1.82, 2.24) is 4.98 Å². The monoisotopic (exact) mass is 385 g/mol. The number of aromatic nitrogens is 1. The van der Waals surface area contributed by atoms with Crippen molar-refractivity contribution in [3.05, 3.63) is 88.9 Å². The van der Waals surface area contributed by atoms with E-state index in [4.69, 9.17) is 16.6 Å². The van der Waals surface area contributed by atoms with Gasteiger partial charge in [-0.25, -0.2) is 4.98 Å². The van der Waals surface area contributed by atoms with Gasteiger partial charge in [-0.2, -0.15) is 0 Å². The predicted molar refractivity (Wildman–Crippen MR) is 112 cm³/mol. The van der Waals surface area contributed by atoms with Crippen LogP contribution in [0, 0.1) is 0 Å². The van der Waals surface area contributed by atoms with E-state index in [9.17, 15) is 10.2 Å². The van der Waals surface area contributed by atoms with Crippen molar-refractivity contribution < 1.29 is 10.2 Å². The second kappa shape index (κ2) is 6.39. The lowest BCUT2D eigenvalue weighted by Crippen LogP contribution is -1.94. The van der Waals surface area contributed by atoms with Crippen molar-refractivity contribution in [2.45, 2.75) is 6.42 Å².